The van der Waals surface area contributed by atoms with E-state index in [4.69, 9.17) is 19.8 Å². The molecule has 2 unspecified atom stereocenters. The van der Waals surface area contributed by atoms with Gasteiger partial charge in [-0.3, -0.25) is 4.99 Å². The first-order valence-corrected chi connectivity index (χ1v) is 11.0. The van der Waals surface area contributed by atoms with Gasteiger partial charge in [-0.25, -0.2) is 9.67 Å². The molecule has 27 heavy (non-hydrogen) atoms. The summed E-state index contributed by atoms with van der Waals surface area (Å²) in [6.45, 7) is 10.3. The van der Waals surface area contributed by atoms with E-state index in [1.165, 1.54) is 11.3 Å². The number of hydrogen-bond donors (Lipinski definition) is 0. The van der Waals surface area contributed by atoms with Crippen molar-refractivity contribution < 1.29 is 4.74 Å². The van der Waals surface area contributed by atoms with Crippen LogP contribution in [-0.4, -0.2) is 34.0 Å². The highest BCUT2D eigenvalue weighted by atomic mass is 127. The van der Waals surface area contributed by atoms with Crippen LogP contribution >= 0.6 is 22.6 Å². The lowest BCUT2D eigenvalue weighted by Gasteiger charge is -2.15. The second kappa shape index (κ2) is 7.62. The molecular formula is C21H27IN4O. The smallest absolute Gasteiger partial charge is 0.154 e. The summed E-state index contributed by atoms with van der Waals surface area (Å²) in [6.07, 6.45) is 5.40. The van der Waals surface area contributed by atoms with E-state index >= 15 is 0 Å². The SMILES string of the molecule is Cc1c(C(C)C)c(I)nn1-c1cc2c(nc1C1CCOC1)=NC(C)CCC=2. The molecule has 4 heterocycles. The number of ether oxygens (including phenoxy) is 1. The first-order valence-electron chi connectivity index (χ1n) is 9.87. The first-order chi connectivity index (χ1) is 13.0. The summed E-state index contributed by atoms with van der Waals surface area (Å²) in [5.74, 6) is 0.753. The molecule has 2 aliphatic rings. The largest absolute Gasteiger partial charge is 0.381 e. The molecule has 5 nitrogen and oxygen atoms in total. The van der Waals surface area contributed by atoms with Gasteiger partial charge in [-0.05, 0) is 67.7 Å². The van der Waals surface area contributed by atoms with Crippen LogP contribution in [-0.2, 0) is 4.74 Å². The van der Waals surface area contributed by atoms with Crippen molar-refractivity contribution in [2.75, 3.05) is 13.2 Å². The van der Waals surface area contributed by atoms with Crippen molar-refractivity contribution in [2.24, 2.45) is 4.99 Å². The normalized spacial score (nSPS) is 22.3. The monoisotopic (exact) mass is 478 g/mol. The van der Waals surface area contributed by atoms with E-state index in [1.54, 1.807) is 0 Å². The molecule has 0 saturated carbocycles. The molecule has 2 aliphatic heterocycles. The van der Waals surface area contributed by atoms with E-state index in [2.05, 4.69) is 67.1 Å². The van der Waals surface area contributed by atoms with E-state index in [0.717, 1.165) is 58.3 Å². The highest BCUT2D eigenvalue weighted by molar-refractivity contribution is 14.1. The van der Waals surface area contributed by atoms with Crippen molar-refractivity contribution in [1.29, 1.82) is 0 Å². The van der Waals surface area contributed by atoms with Crippen LogP contribution < -0.4 is 10.7 Å². The Labute approximate surface area is 174 Å². The summed E-state index contributed by atoms with van der Waals surface area (Å²) in [7, 11) is 0. The minimum Gasteiger partial charge on any atom is -0.381 e. The van der Waals surface area contributed by atoms with Crippen molar-refractivity contribution in [2.45, 2.75) is 64.8 Å². The van der Waals surface area contributed by atoms with Gasteiger partial charge in [0, 0.05) is 35.0 Å². The fourth-order valence-corrected chi connectivity index (χ4v) is 5.35. The van der Waals surface area contributed by atoms with Gasteiger partial charge in [-0.15, -0.1) is 0 Å². The second-order valence-corrected chi connectivity index (χ2v) is 9.00. The van der Waals surface area contributed by atoms with Crippen molar-refractivity contribution in [3.63, 3.8) is 0 Å². The molecule has 0 aliphatic carbocycles. The number of pyridine rings is 1. The number of rotatable bonds is 3. The molecule has 144 valence electrons. The molecule has 0 spiro atoms. The lowest BCUT2D eigenvalue weighted by Crippen LogP contribution is -2.32. The summed E-state index contributed by atoms with van der Waals surface area (Å²) < 4.78 is 8.85. The zero-order valence-electron chi connectivity index (χ0n) is 16.5. The van der Waals surface area contributed by atoms with Gasteiger partial charge in [-0.2, -0.15) is 5.10 Å². The number of halogens is 1. The molecule has 0 bridgehead atoms. The average molecular weight is 478 g/mol. The van der Waals surface area contributed by atoms with Gasteiger partial charge in [0.1, 0.15) is 3.70 Å². The predicted octanol–water partition coefficient (Wildman–Crippen LogP) is 3.39. The van der Waals surface area contributed by atoms with Crippen LogP contribution in [0.25, 0.3) is 11.8 Å². The van der Waals surface area contributed by atoms with Crippen molar-refractivity contribution in [1.82, 2.24) is 14.8 Å². The molecule has 1 fully saturated rings. The number of nitrogens with zero attached hydrogens (tertiary/aromatic N) is 4. The van der Waals surface area contributed by atoms with Gasteiger partial charge < -0.3 is 4.74 Å². The molecule has 2 aromatic rings. The topological polar surface area (TPSA) is 52.3 Å². The molecular weight excluding hydrogens is 451 g/mol. The Hall–Kier alpha value is -1.28. The van der Waals surface area contributed by atoms with Crippen LogP contribution in [0.5, 0.6) is 0 Å². The maximum Gasteiger partial charge on any atom is 0.154 e. The van der Waals surface area contributed by atoms with Gasteiger partial charge in [0.25, 0.3) is 0 Å². The minimum absolute atomic E-state index is 0.308. The minimum atomic E-state index is 0.308. The molecule has 6 heteroatoms. The number of aromatic nitrogens is 3. The van der Waals surface area contributed by atoms with Crippen LogP contribution in [0.1, 0.15) is 68.8 Å². The molecule has 0 radical (unpaired) electrons. The molecule has 4 rings (SSSR count). The maximum atomic E-state index is 5.68. The van der Waals surface area contributed by atoms with Crippen LogP contribution in [0.3, 0.4) is 0 Å². The third-order valence-electron chi connectivity index (χ3n) is 5.57. The van der Waals surface area contributed by atoms with Gasteiger partial charge in [-0.1, -0.05) is 19.9 Å². The quantitative estimate of drug-likeness (QED) is 0.636. The third kappa shape index (κ3) is 3.58. The van der Waals surface area contributed by atoms with Crippen LogP contribution in [0.4, 0.5) is 0 Å². The zero-order valence-corrected chi connectivity index (χ0v) is 18.7. The molecule has 0 amide bonds. The van der Waals surface area contributed by atoms with Crippen LogP contribution in [0, 0.1) is 10.6 Å². The maximum absolute atomic E-state index is 5.68. The van der Waals surface area contributed by atoms with Crippen LogP contribution in [0.2, 0.25) is 0 Å². The second-order valence-electron chi connectivity index (χ2n) is 7.98. The van der Waals surface area contributed by atoms with Gasteiger partial charge in [0.15, 0.2) is 5.49 Å². The fourth-order valence-electron chi connectivity index (χ4n) is 4.12. The first kappa shape index (κ1) is 19.1. The van der Waals surface area contributed by atoms with Gasteiger partial charge in [0.05, 0.1) is 18.0 Å². The Morgan fingerprint density at radius 1 is 1.30 bits per heavy atom. The average Bonchev–Trinajstić information content (AvgIpc) is 3.19. The number of hydrogen-bond acceptors (Lipinski definition) is 4. The Morgan fingerprint density at radius 3 is 2.78 bits per heavy atom. The van der Waals surface area contributed by atoms with Gasteiger partial charge in [0.2, 0.25) is 0 Å². The van der Waals surface area contributed by atoms with E-state index in [-0.39, 0.29) is 0 Å². The zero-order chi connectivity index (χ0) is 19.1. The summed E-state index contributed by atoms with van der Waals surface area (Å²) in [5.41, 5.74) is 5.58. The Bertz CT molecular complexity index is 973. The van der Waals surface area contributed by atoms with E-state index in [0.29, 0.717) is 17.9 Å². The van der Waals surface area contributed by atoms with Crippen LogP contribution in [0.15, 0.2) is 11.1 Å². The Kier molecular flexibility index (Phi) is 5.38. The third-order valence-corrected chi connectivity index (χ3v) is 6.37. The molecule has 0 aromatic carbocycles. The Balaban J connectivity index is 1.98. The Morgan fingerprint density at radius 2 is 2.11 bits per heavy atom. The summed E-state index contributed by atoms with van der Waals surface area (Å²) >= 11 is 2.36. The fraction of sp³-hybridized carbons (Fsp3) is 0.571. The van der Waals surface area contributed by atoms with Gasteiger partial charge >= 0.3 is 0 Å². The molecule has 1 saturated heterocycles. The summed E-state index contributed by atoms with van der Waals surface area (Å²) in [4.78, 5) is 9.93. The molecule has 2 aromatic heterocycles. The predicted molar refractivity (Wildman–Crippen MR) is 115 cm³/mol. The lowest BCUT2D eigenvalue weighted by molar-refractivity contribution is 0.193. The van der Waals surface area contributed by atoms with E-state index < -0.39 is 0 Å². The van der Waals surface area contributed by atoms with Crippen molar-refractivity contribution >= 4 is 28.7 Å². The lowest BCUT2D eigenvalue weighted by atomic mass is 10.0. The van der Waals surface area contributed by atoms with E-state index in [9.17, 15) is 0 Å². The molecule has 2 atom stereocenters. The van der Waals surface area contributed by atoms with Crippen molar-refractivity contribution in [3.05, 3.63) is 37.4 Å². The highest BCUT2D eigenvalue weighted by Gasteiger charge is 2.26. The summed E-state index contributed by atoms with van der Waals surface area (Å²) in [5, 5.41) is 6.03. The highest BCUT2D eigenvalue weighted by Crippen LogP contribution is 2.31. The van der Waals surface area contributed by atoms with E-state index in [1.807, 2.05) is 0 Å². The van der Waals surface area contributed by atoms with Crippen molar-refractivity contribution in [3.8, 4) is 5.69 Å². The summed E-state index contributed by atoms with van der Waals surface area (Å²) in [6, 6.07) is 2.56. The standard InChI is InChI=1S/C21H27IN4O/c1-12(2)18-14(4)26(25-20(18)22)17-10-15-7-5-6-13(3)23-21(15)24-19(17)16-8-9-27-11-16/h7,10,12-13,16H,5-6,8-9,11H2,1-4H3. The molecule has 0 N–H and O–H groups in total. The number of fused-ring (bicyclic) bond motifs is 1.